The standard InChI is InChI=1S/C14H18O4/c1-17-9-4-7-14(13(15)16)8-10-18-12-6-3-2-5-11(12)14/h2-3,5-6H,4,7-10H2,1H3,(H,15,16). The Balaban J connectivity index is 2.33. The van der Waals surface area contributed by atoms with Gasteiger partial charge in [-0.1, -0.05) is 18.2 Å². The van der Waals surface area contributed by atoms with E-state index < -0.39 is 11.4 Å². The predicted octanol–water partition coefficient (Wildman–Crippen LogP) is 2.22. The van der Waals surface area contributed by atoms with Crippen LogP contribution in [0.1, 0.15) is 24.8 Å². The SMILES string of the molecule is COCCCC1(C(=O)O)CCOc2ccccc21. The van der Waals surface area contributed by atoms with E-state index in [0.717, 1.165) is 12.0 Å². The monoisotopic (exact) mass is 250 g/mol. The lowest BCUT2D eigenvalue weighted by molar-refractivity contribution is -0.145. The predicted molar refractivity (Wildman–Crippen MR) is 67.0 cm³/mol. The van der Waals surface area contributed by atoms with E-state index in [-0.39, 0.29) is 0 Å². The summed E-state index contributed by atoms with van der Waals surface area (Å²) in [6.45, 7) is 1.04. The number of benzene rings is 1. The zero-order chi connectivity index (χ0) is 13.0. The molecule has 98 valence electrons. The second kappa shape index (κ2) is 5.40. The molecule has 1 unspecified atom stereocenters. The van der Waals surface area contributed by atoms with Crippen molar-refractivity contribution in [3.63, 3.8) is 0 Å². The van der Waals surface area contributed by atoms with Gasteiger partial charge in [0.05, 0.1) is 12.0 Å². The quantitative estimate of drug-likeness (QED) is 0.814. The van der Waals surface area contributed by atoms with Crippen LogP contribution in [0.15, 0.2) is 24.3 Å². The van der Waals surface area contributed by atoms with E-state index in [1.54, 1.807) is 7.11 Å². The van der Waals surface area contributed by atoms with E-state index in [9.17, 15) is 9.90 Å². The third-order valence-corrected chi connectivity index (χ3v) is 3.55. The lowest BCUT2D eigenvalue weighted by atomic mass is 9.73. The number of carbonyl (C=O) groups is 1. The van der Waals surface area contributed by atoms with Gasteiger partial charge in [0, 0.05) is 25.7 Å². The molecule has 2 rings (SSSR count). The molecular formula is C14H18O4. The number of hydrogen-bond donors (Lipinski definition) is 1. The first-order valence-corrected chi connectivity index (χ1v) is 6.15. The van der Waals surface area contributed by atoms with Crippen LogP contribution in [0.4, 0.5) is 0 Å². The van der Waals surface area contributed by atoms with Crippen molar-refractivity contribution in [2.45, 2.75) is 24.7 Å². The van der Waals surface area contributed by atoms with Crippen molar-refractivity contribution < 1.29 is 19.4 Å². The number of ether oxygens (including phenoxy) is 2. The molecule has 0 amide bonds. The topological polar surface area (TPSA) is 55.8 Å². The molecule has 1 aromatic carbocycles. The molecule has 0 aliphatic carbocycles. The minimum absolute atomic E-state index is 0.455. The van der Waals surface area contributed by atoms with Crippen LogP contribution in [-0.4, -0.2) is 31.4 Å². The molecule has 0 saturated carbocycles. The minimum Gasteiger partial charge on any atom is -0.493 e. The molecule has 1 aromatic rings. The van der Waals surface area contributed by atoms with Crippen LogP contribution < -0.4 is 4.74 Å². The largest absolute Gasteiger partial charge is 0.493 e. The van der Waals surface area contributed by atoms with Gasteiger partial charge in [0.1, 0.15) is 5.75 Å². The lowest BCUT2D eigenvalue weighted by Crippen LogP contribution is -2.40. The molecule has 0 spiro atoms. The molecule has 1 aliphatic rings. The first-order valence-electron chi connectivity index (χ1n) is 6.15. The maximum atomic E-state index is 11.7. The van der Waals surface area contributed by atoms with Gasteiger partial charge in [0.25, 0.3) is 0 Å². The van der Waals surface area contributed by atoms with Gasteiger partial charge in [-0.25, -0.2) is 0 Å². The van der Waals surface area contributed by atoms with E-state index in [0.29, 0.717) is 31.8 Å². The highest BCUT2D eigenvalue weighted by atomic mass is 16.5. The molecule has 4 nitrogen and oxygen atoms in total. The fourth-order valence-corrected chi connectivity index (χ4v) is 2.56. The van der Waals surface area contributed by atoms with Crippen molar-refractivity contribution in [3.8, 4) is 5.75 Å². The Kier molecular flexibility index (Phi) is 3.87. The van der Waals surface area contributed by atoms with Crippen LogP contribution in [0.2, 0.25) is 0 Å². The van der Waals surface area contributed by atoms with Crippen molar-refractivity contribution in [1.82, 2.24) is 0 Å². The summed E-state index contributed by atoms with van der Waals surface area (Å²) in [6, 6.07) is 7.42. The average molecular weight is 250 g/mol. The Morgan fingerprint density at radius 2 is 2.28 bits per heavy atom. The van der Waals surface area contributed by atoms with Gasteiger partial charge in [0.15, 0.2) is 0 Å². The number of rotatable bonds is 5. The number of fused-ring (bicyclic) bond motifs is 1. The Morgan fingerprint density at radius 3 is 3.00 bits per heavy atom. The zero-order valence-corrected chi connectivity index (χ0v) is 10.5. The summed E-state index contributed by atoms with van der Waals surface area (Å²) in [7, 11) is 1.63. The van der Waals surface area contributed by atoms with E-state index >= 15 is 0 Å². The number of carboxylic acids is 1. The molecule has 1 heterocycles. The molecule has 0 saturated heterocycles. The van der Waals surface area contributed by atoms with Gasteiger partial charge in [-0.15, -0.1) is 0 Å². The Morgan fingerprint density at radius 1 is 1.50 bits per heavy atom. The Hall–Kier alpha value is -1.55. The van der Waals surface area contributed by atoms with Crippen molar-refractivity contribution in [1.29, 1.82) is 0 Å². The summed E-state index contributed by atoms with van der Waals surface area (Å²) in [6.07, 6.45) is 1.83. The molecule has 0 fully saturated rings. The van der Waals surface area contributed by atoms with Crippen molar-refractivity contribution in [2.24, 2.45) is 0 Å². The molecule has 0 aromatic heterocycles. The fourth-order valence-electron chi connectivity index (χ4n) is 2.56. The number of aliphatic carboxylic acids is 1. The molecule has 18 heavy (non-hydrogen) atoms. The minimum atomic E-state index is -0.826. The normalized spacial score (nSPS) is 22.1. The van der Waals surface area contributed by atoms with E-state index in [1.165, 1.54) is 0 Å². The molecular weight excluding hydrogens is 232 g/mol. The first kappa shape index (κ1) is 12.9. The van der Waals surface area contributed by atoms with Crippen LogP contribution in [-0.2, 0) is 14.9 Å². The maximum Gasteiger partial charge on any atom is 0.314 e. The summed E-state index contributed by atoms with van der Waals surface area (Å²) in [5.41, 5.74) is -0.0345. The van der Waals surface area contributed by atoms with Crippen molar-refractivity contribution in [2.75, 3.05) is 20.3 Å². The van der Waals surface area contributed by atoms with Gasteiger partial charge < -0.3 is 14.6 Å². The maximum absolute atomic E-state index is 11.7. The highest BCUT2D eigenvalue weighted by Gasteiger charge is 2.43. The second-order valence-corrected chi connectivity index (χ2v) is 4.58. The van der Waals surface area contributed by atoms with Gasteiger partial charge in [-0.3, -0.25) is 4.79 Å². The smallest absolute Gasteiger partial charge is 0.314 e. The van der Waals surface area contributed by atoms with Crippen molar-refractivity contribution >= 4 is 5.97 Å². The van der Waals surface area contributed by atoms with Gasteiger partial charge in [-0.05, 0) is 18.9 Å². The Bertz CT molecular complexity index is 430. The molecule has 1 aliphatic heterocycles. The summed E-state index contributed by atoms with van der Waals surface area (Å²) in [5.74, 6) is -0.0714. The third kappa shape index (κ3) is 2.20. The van der Waals surface area contributed by atoms with Crippen LogP contribution in [0.3, 0.4) is 0 Å². The summed E-state index contributed by atoms with van der Waals surface area (Å²) in [5, 5.41) is 9.64. The van der Waals surface area contributed by atoms with Crippen LogP contribution in [0.25, 0.3) is 0 Å². The summed E-state index contributed by atoms with van der Waals surface area (Å²) < 4.78 is 10.6. The average Bonchev–Trinajstić information content (AvgIpc) is 2.39. The number of methoxy groups -OCH3 is 1. The summed E-state index contributed by atoms with van der Waals surface area (Å²) in [4.78, 5) is 11.7. The molecule has 1 atom stereocenters. The number of hydrogen-bond acceptors (Lipinski definition) is 3. The van der Waals surface area contributed by atoms with Crippen LogP contribution in [0.5, 0.6) is 5.75 Å². The number of carboxylic acid groups (broad SMARTS) is 1. The zero-order valence-electron chi connectivity index (χ0n) is 10.5. The molecule has 4 heteroatoms. The first-order chi connectivity index (χ1) is 8.70. The van der Waals surface area contributed by atoms with E-state index in [2.05, 4.69) is 0 Å². The lowest BCUT2D eigenvalue weighted by Gasteiger charge is -2.35. The number of para-hydroxylation sites is 1. The molecule has 0 radical (unpaired) electrons. The second-order valence-electron chi connectivity index (χ2n) is 4.58. The van der Waals surface area contributed by atoms with E-state index in [1.807, 2.05) is 24.3 Å². The van der Waals surface area contributed by atoms with Crippen LogP contribution >= 0.6 is 0 Å². The van der Waals surface area contributed by atoms with Gasteiger partial charge in [-0.2, -0.15) is 0 Å². The van der Waals surface area contributed by atoms with Gasteiger partial charge >= 0.3 is 5.97 Å². The fraction of sp³-hybridized carbons (Fsp3) is 0.500. The highest BCUT2D eigenvalue weighted by Crippen LogP contribution is 2.42. The molecule has 1 N–H and O–H groups in total. The summed E-state index contributed by atoms with van der Waals surface area (Å²) >= 11 is 0. The van der Waals surface area contributed by atoms with Crippen LogP contribution in [0, 0.1) is 0 Å². The van der Waals surface area contributed by atoms with Gasteiger partial charge in [0.2, 0.25) is 0 Å². The van der Waals surface area contributed by atoms with E-state index in [4.69, 9.17) is 9.47 Å². The molecule has 0 bridgehead atoms. The highest BCUT2D eigenvalue weighted by molar-refractivity contribution is 5.83. The van der Waals surface area contributed by atoms with Crippen molar-refractivity contribution in [3.05, 3.63) is 29.8 Å². The third-order valence-electron chi connectivity index (χ3n) is 3.55. The Labute approximate surface area is 107 Å².